The third-order valence-electron chi connectivity index (χ3n) is 2.05. The zero-order valence-corrected chi connectivity index (χ0v) is 11.7. The molecule has 0 saturated heterocycles. The number of unbranched alkanes of at least 4 members (excludes halogenated alkanes) is 1. The van der Waals surface area contributed by atoms with E-state index in [0.29, 0.717) is 12.2 Å². The first kappa shape index (κ1) is 14.7. The minimum absolute atomic E-state index is 0.265. The fourth-order valence-corrected chi connectivity index (χ4v) is 1.80. The molecule has 0 heterocycles. The van der Waals surface area contributed by atoms with E-state index in [-0.39, 0.29) is 5.97 Å². The molecule has 0 N–H and O–H groups in total. The molecule has 2 nitrogen and oxygen atoms in total. The average Bonchev–Trinajstić information content (AvgIpc) is 2.11. The van der Waals surface area contributed by atoms with Gasteiger partial charge in [0.25, 0.3) is 0 Å². The Bertz CT molecular complexity index is 221. The molecule has 0 unspecified atom stereocenters. The van der Waals surface area contributed by atoms with E-state index in [1.54, 1.807) is 0 Å². The van der Waals surface area contributed by atoms with Gasteiger partial charge in [-0.05, 0) is 18.9 Å². The van der Waals surface area contributed by atoms with Gasteiger partial charge in [-0.25, -0.2) is 4.79 Å². The third kappa shape index (κ3) is 8.69. The molecule has 0 aliphatic heterocycles. The minimum atomic E-state index is -1.62. The molecule has 0 spiro atoms. The van der Waals surface area contributed by atoms with Gasteiger partial charge in [-0.1, -0.05) is 33.0 Å². The first-order valence-corrected chi connectivity index (χ1v) is 9.62. The molecule has 88 valence electrons. The van der Waals surface area contributed by atoms with Crippen molar-refractivity contribution >= 4 is 24.4 Å². The summed E-state index contributed by atoms with van der Waals surface area (Å²) >= 11 is 6.10. The van der Waals surface area contributed by atoms with Gasteiger partial charge in [0.05, 0.1) is 6.61 Å². The van der Waals surface area contributed by atoms with Gasteiger partial charge in [-0.2, -0.15) is 11.1 Å². The minimum Gasteiger partial charge on any atom is -0.463 e. The van der Waals surface area contributed by atoms with Crippen molar-refractivity contribution in [2.75, 3.05) is 6.61 Å². The first-order valence-electron chi connectivity index (χ1n) is 5.40. The summed E-state index contributed by atoms with van der Waals surface area (Å²) in [4.78, 5) is 11.4. The number of halogens is 1. The summed E-state index contributed by atoms with van der Waals surface area (Å²) in [5.41, 5.74) is 0.575. The number of carbonyl (C=O) groups is 1. The SMILES string of the molecule is C=C(CCCC)C(=O)OCC[Si](C)(C)Cl. The van der Waals surface area contributed by atoms with Gasteiger partial charge < -0.3 is 4.74 Å². The molecule has 0 radical (unpaired) electrons. The molecular formula is C11H21ClO2Si. The summed E-state index contributed by atoms with van der Waals surface area (Å²) in [5.74, 6) is -0.265. The van der Waals surface area contributed by atoms with E-state index in [4.69, 9.17) is 15.8 Å². The van der Waals surface area contributed by atoms with Crippen molar-refractivity contribution in [3.8, 4) is 0 Å². The van der Waals surface area contributed by atoms with Crippen LogP contribution in [-0.4, -0.2) is 20.0 Å². The highest BCUT2D eigenvalue weighted by Crippen LogP contribution is 2.14. The molecule has 0 aromatic carbocycles. The average molecular weight is 249 g/mol. The summed E-state index contributed by atoms with van der Waals surface area (Å²) in [6.07, 6.45) is 2.79. The fraction of sp³-hybridized carbons (Fsp3) is 0.727. The lowest BCUT2D eigenvalue weighted by Crippen LogP contribution is -2.20. The van der Waals surface area contributed by atoms with Crippen LogP contribution < -0.4 is 0 Å². The van der Waals surface area contributed by atoms with Crippen molar-refractivity contribution in [3.05, 3.63) is 12.2 Å². The Kier molecular flexibility index (Phi) is 6.93. The van der Waals surface area contributed by atoms with Crippen LogP contribution >= 0.6 is 11.1 Å². The van der Waals surface area contributed by atoms with Gasteiger partial charge in [0.1, 0.15) is 0 Å². The second-order valence-corrected chi connectivity index (χ2v) is 11.3. The van der Waals surface area contributed by atoms with Crippen LogP contribution in [0.3, 0.4) is 0 Å². The van der Waals surface area contributed by atoms with Crippen LogP contribution in [0, 0.1) is 0 Å². The summed E-state index contributed by atoms with van der Waals surface area (Å²) in [5, 5.41) is 0. The molecular weight excluding hydrogens is 228 g/mol. The van der Waals surface area contributed by atoms with Crippen LogP contribution in [0.15, 0.2) is 12.2 Å². The lowest BCUT2D eigenvalue weighted by atomic mass is 10.1. The van der Waals surface area contributed by atoms with Crippen LogP contribution in [0.5, 0.6) is 0 Å². The lowest BCUT2D eigenvalue weighted by molar-refractivity contribution is -0.138. The summed E-state index contributed by atoms with van der Waals surface area (Å²) < 4.78 is 5.09. The fourth-order valence-electron chi connectivity index (χ4n) is 0.981. The molecule has 0 fully saturated rings. The Morgan fingerprint density at radius 1 is 1.47 bits per heavy atom. The van der Waals surface area contributed by atoms with Crippen LogP contribution in [-0.2, 0) is 9.53 Å². The molecule has 0 saturated carbocycles. The smallest absolute Gasteiger partial charge is 0.333 e. The van der Waals surface area contributed by atoms with E-state index >= 15 is 0 Å². The Morgan fingerprint density at radius 2 is 2.07 bits per heavy atom. The van der Waals surface area contributed by atoms with Crippen molar-refractivity contribution in [3.63, 3.8) is 0 Å². The number of hydrogen-bond acceptors (Lipinski definition) is 2. The molecule has 0 rings (SSSR count). The highest BCUT2D eigenvalue weighted by molar-refractivity contribution is 7.19. The standard InChI is InChI=1S/C11H21ClO2Si/c1-5-6-7-10(2)11(13)14-8-9-15(3,4)12/h2,5-9H2,1,3-4H3. The number of hydrogen-bond donors (Lipinski definition) is 0. The van der Waals surface area contributed by atoms with E-state index in [1.807, 2.05) is 13.1 Å². The Balaban J connectivity index is 3.70. The predicted molar refractivity (Wildman–Crippen MR) is 67.8 cm³/mol. The van der Waals surface area contributed by atoms with Gasteiger partial charge in [-0.15, -0.1) is 0 Å². The van der Waals surface area contributed by atoms with E-state index in [1.165, 1.54) is 0 Å². The molecule has 0 aliphatic carbocycles. The predicted octanol–water partition coefficient (Wildman–Crippen LogP) is 3.72. The second-order valence-electron chi connectivity index (χ2n) is 4.31. The van der Waals surface area contributed by atoms with Crippen LogP contribution in [0.1, 0.15) is 26.2 Å². The number of rotatable bonds is 7. The highest BCUT2D eigenvalue weighted by Gasteiger charge is 2.17. The zero-order valence-electron chi connectivity index (χ0n) is 9.94. The van der Waals surface area contributed by atoms with Gasteiger partial charge in [0.2, 0.25) is 0 Å². The van der Waals surface area contributed by atoms with Gasteiger partial charge in [0, 0.05) is 5.57 Å². The van der Waals surface area contributed by atoms with Crippen molar-refractivity contribution in [1.29, 1.82) is 0 Å². The Morgan fingerprint density at radius 3 is 2.53 bits per heavy atom. The maximum Gasteiger partial charge on any atom is 0.333 e. The number of carbonyl (C=O) groups excluding carboxylic acids is 1. The van der Waals surface area contributed by atoms with Crippen molar-refractivity contribution in [1.82, 2.24) is 0 Å². The molecule has 0 aromatic heterocycles. The molecule has 0 atom stereocenters. The molecule has 4 heteroatoms. The van der Waals surface area contributed by atoms with Crippen molar-refractivity contribution < 1.29 is 9.53 Å². The summed E-state index contributed by atoms with van der Waals surface area (Å²) in [7, 11) is -1.62. The van der Waals surface area contributed by atoms with E-state index in [2.05, 4.69) is 13.5 Å². The van der Waals surface area contributed by atoms with Crippen molar-refractivity contribution in [2.24, 2.45) is 0 Å². The topological polar surface area (TPSA) is 26.3 Å². The van der Waals surface area contributed by atoms with E-state index in [0.717, 1.165) is 25.3 Å². The zero-order chi connectivity index (χ0) is 11.9. The summed E-state index contributed by atoms with van der Waals surface area (Å²) in [6, 6.07) is 0.793. The largest absolute Gasteiger partial charge is 0.463 e. The molecule has 0 aromatic rings. The quantitative estimate of drug-likeness (QED) is 0.297. The Hall–Kier alpha value is -0.283. The van der Waals surface area contributed by atoms with Crippen LogP contribution in [0.25, 0.3) is 0 Å². The molecule has 0 amide bonds. The second kappa shape index (κ2) is 7.07. The lowest BCUT2D eigenvalue weighted by Gasteiger charge is -2.13. The maximum atomic E-state index is 11.4. The number of esters is 1. The Labute approximate surface area is 98.4 Å². The van der Waals surface area contributed by atoms with Crippen LogP contribution in [0.2, 0.25) is 19.1 Å². The maximum absolute atomic E-state index is 11.4. The van der Waals surface area contributed by atoms with E-state index < -0.39 is 7.38 Å². The molecule has 0 aliphatic rings. The molecule has 15 heavy (non-hydrogen) atoms. The normalized spacial score (nSPS) is 11.2. The third-order valence-corrected chi connectivity index (χ3v) is 4.01. The van der Waals surface area contributed by atoms with Gasteiger partial charge >= 0.3 is 5.97 Å². The van der Waals surface area contributed by atoms with Crippen LogP contribution in [0.4, 0.5) is 0 Å². The monoisotopic (exact) mass is 248 g/mol. The van der Waals surface area contributed by atoms with Gasteiger partial charge in [0.15, 0.2) is 7.38 Å². The molecule has 0 bridgehead atoms. The van der Waals surface area contributed by atoms with Crippen molar-refractivity contribution in [2.45, 2.75) is 45.3 Å². The van der Waals surface area contributed by atoms with Gasteiger partial charge in [-0.3, -0.25) is 0 Å². The van der Waals surface area contributed by atoms with E-state index in [9.17, 15) is 4.79 Å². The highest BCUT2D eigenvalue weighted by atomic mass is 35.6. The first-order chi connectivity index (χ1) is 6.87. The summed E-state index contributed by atoms with van der Waals surface area (Å²) in [6.45, 7) is 10.3. The number of ether oxygens (including phenoxy) is 1.